The fourth-order valence-corrected chi connectivity index (χ4v) is 1.89. The zero-order valence-electron chi connectivity index (χ0n) is 10.7. The number of nitrogens with one attached hydrogen (secondary N) is 1. The second kappa shape index (κ2) is 7.47. The summed E-state index contributed by atoms with van der Waals surface area (Å²) in [6.07, 6.45) is 6.74. The molecule has 1 heterocycles. The van der Waals surface area contributed by atoms with Crippen molar-refractivity contribution >= 4 is 0 Å². The molecule has 0 fully saturated rings. The number of aromatic nitrogens is 1. The van der Waals surface area contributed by atoms with E-state index in [1.165, 1.54) is 18.4 Å². The lowest BCUT2D eigenvalue weighted by molar-refractivity contribution is 0.139. The van der Waals surface area contributed by atoms with E-state index in [2.05, 4.69) is 35.3 Å². The van der Waals surface area contributed by atoms with Crippen LogP contribution >= 0.6 is 0 Å². The molecule has 16 heavy (non-hydrogen) atoms. The van der Waals surface area contributed by atoms with Crippen LogP contribution in [-0.4, -0.2) is 24.8 Å². The number of ether oxygens (including phenoxy) is 1. The van der Waals surface area contributed by atoms with Crippen LogP contribution in [0.15, 0.2) is 18.5 Å². The Balaban J connectivity index is 2.48. The Bertz CT molecular complexity index is 283. The average molecular weight is 224 g/mol. The molecule has 0 amide bonds. The van der Waals surface area contributed by atoms with Crippen LogP contribution in [-0.2, 0) is 11.3 Å². The largest absolute Gasteiger partial charge is 0.380 e. The van der Waals surface area contributed by atoms with E-state index < -0.39 is 0 Å². The van der Waals surface area contributed by atoms with Crippen LogP contribution in [0.3, 0.4) is 0 Å². The third-order valence-electron chi connectivity index (χ3n) is 2.80. The van der Waals surface area contributed by atoms with E-state index in [1.54, 1.807) is 0 Å². The zero-order chi connectivity index (χ0) is 11.8. The summed E-state index contributed by atoms with van der Waals surface area (Å²) in [6.45, 7) is 6.78. The Hall–Kier alpha value is -0.800. The van der Waals surface area contributed by atoms with Gasteiger partial charge in [0, 0.05) is 31.6 Å². The molecule has 0 saturated carbocycles. The standard InChI is InChI=1S/C13H24N2O/c1-4-6-13(14-3)12-7-8-15(11-12)9-10-16-5-2/h7-8,11,13-14H,4-6,9-10H2,1-3H3. The third kappa shape index (κ3) is 3.99. The summed E-state index contributed by atoms with van der Waals surface area (Å²) in [5.41, 5.74) is 1.38. The van der Waals surface area contributed by atoms with E-state index in [9.17, 15) is 0 Å². The Kier molecular flexibility index (Phi) is 6.19. The molecule has 0 bridgehead atoms. The van der Waals surface area contributed by atoms with Crippen molar-refractivity contribution in [3.05, 3.63) is 24.0 Å². The van der Waals surface area contributed by atoms with Crippen LogP contribution < -0.4 is 5.32 Å². The highest BCUT2D eigenvalue weighted by molar-refractivity contribution is 5.15. The van der Waals surface area contributed by atoms with Gasteiger partial charge in [-0.2, -0.15) is 0 Å². The van der Waals surface area contributed by atoms with E-state index in [0.29, 0.717) is 6.04 Å². The number of hydrogen-bond donors (Lipinski definition) is 1. The van der Waals surface area contributed by atoms with Gasteiger partial charge < -0.3 is 14.6 Å². The maximum atomic E-state index is 5.34. The van der Waals surface area contributed by atoms with E-state index in [0.717, 1.165) is 19.8 Å². The van der Waals surface area contributed by atoms with E-state index in [4.69, 9.17) is 4.74 Å². The first-order chi connectivity index (χ1) is 7.81. The minimum absolute atomic E-state index is 0.485. The van der Waals surface area contributed by atoms with Crippen LogP contribution in [0, 0.1) is 0 Å². The van der Waals surface area contributed by atoms with Gasteiger partial charge in [0.05, 0.1) is 6.61 Å². The van der Waals surface area contributed by atoms with Gasteiger partial charge in [0.1, 0.15) is 0 Å². The van der Waals surface area contributed by atoms with E-state index in [1.807, 2.05) is 14.0 Å². The van der Waals surface area contributed by atoms with Gasteiger partial charge in [-0.15, -0.1) is 0 Å². The lowest BCUT2D eigenvalue weighted by Gasteiger charge is -2.13. The minimum atomic E-state index is 0.485. The van der Waals surface area contributed by atoms with Crippen molar-refractivity contribution < 1.29 is 4.74 Å². The molecule has 0 aliphatic heterocycles. The van der Waals surface area contributed by atoms with Crippen LogP contribution in [0.1, 0.15) is 38.3 Å². The fraction of sp³-hybridized carbons (Fsp3) is 0.692. The molecule has 1 N–H and O–H groups in total. The van der Waals surface area contributed by atoms with Gasteiger partial charge in [-0.1, -0.05) is 13.3 Å². The molecule has 1 rings (SSSR count). The van der Waals surface area contributed by atoms with Crippen molar-refractivity contribution in [3.63, 3.8) is 0 Å². The zero-order valence-corrected chi connectivity index (χ0v) is 10.7. The highest BCUT2D eigenvalue weighted by Crippen LogP contribution is 2.18. The van der Waals surface area contributed by atoms with Crippen LogP contribution in [0.2, 0.25) is 0 Å². The Morgan fingerprint density at radius 2 is 2.25 bits per heavy atom. The lowest BCUT2D eigenvalue weighted by atomic mass is 10.1. The van der Waals surface area contributed by atoms with Gasteiger partial charge in [0.2, 0.25) is 0 Å². The third-order valence-corrected chi connectivity index (χ3v) is 2.80. The molecule has 0 aliphatic rings. The number of hydrogen-bond acceptors (Lipinski definition) is 2. The summed E-state index contributed by atoms with van der Waals surface area (Å²) < 4.78 is 7.54. The molecule has 1 aromatic rings. The van der Waals surface area contributed by atoms with Gasteiger partial charge in [-0.3, -0.25) is 0 Å². The summed E-state index contributed by atoms with van der Waals surface area (Å²) in [5.74, 6) is 0. The van der Waals surface area contributed by atoms with Gasteiger partial charge in [-0.05, 0) is 32.0 Å². The molecule has 0 spiro atoms. The number of rotatable bonds is 8. The van der Waals surface area contributed by atoms with Crippen LogP contribution in [0.4, 0.5) is 0 Å². The monoisotopic (exact) mass is 224 g/mol. The Morgan fingerprint density at radius 1 is 1.44 bits per heavy atom. The first-order valence-corrected chi connectivity index (χ1v) is 6.22. The predicted molar refractivity (Wildman–Crippen MR) is 67.6 cm³/mol. The molecular weight excluding hydrogens is 200 g/mol. The molecule has 92 valence electrons. The van der Waals surface area contributed by atoms with Crippen molar-refractivity contribution in [2.45, 2.75) is 39.3 Å². The van der Waals surface area contributed by atoms with Crippen molar-refractivity contribution in [2.24, 2.45) is 0 Å². The van der Waals surface area contributed by atoms with Crippen molar-refractivity contribution in [3.8, 4) is 0 Å². The Labute approximate surface area is 98.8 Å². The molecule has 1 aromatic heterocycles. The maximum absolute atomic E-state index is 5.34. The summed E-state index contributed by atoms with van der Waals surface area (Å²) in [6, 6.07) is 2.68. The molecule has 0 aromatic carbocycles. The highest BCUT2D eigenvalue weighted by Gasteiger charge is 2.08. The SMILES string of the molecule is CCCC(NC)c1ccn(CCOCC)c1. The van der Waals surface area contributed by atoms with Crippen molar-refractivity contribution in [2.75, 3.05) is 20.3 Å². The summed E-state index contributed by atoms with van der Waals surface area (Å²) in [7, 11) is 2.03. The van der Waals surface area contributed by atoms with Crippen LogP contribution in [0.5, 0.6) is 0 Å². The molecule has 0 aliphatic carbocycles. The quantitative estimate of drug-likeness (QED) is 0.687. The maximum Gasteiger partial charge on any atom is 0.0645 e. The normalized spacial score (nSPS) is 12.9. The van der Waals surface area contributed by atoms with Gasteiger partial charge >= 0.3 is 0 Å². The smallest absolute Gasteiger partial charge is 0.0645 e. The first-order valence-electron chi connectivity index (χ1n) is 6.22. The molecule has 0 saturated heterocycles. The van der Waals surface area contributed by atoms with Gasteiger partial charge in [-0.25, -0.2) is 0 Å². The molecule has 0 radical (unpaired) electrons. The highest BCUT2D eigenvalue weighted by atomic mass is 16.5. The molecular formula is C13H24N2O. The first kappa shape index (κ1) is 13.3. The molecule has 3 heteroatoms. The molecule has 1 atom stereocenters. The van der Waals surface area contributed by atoms with E-state index >= 15 is 0 Å². The van der Waals surface area contributed by atoms with Crippen molar-refractivity contribution in [1.29, 1.82) is 0 Å². The van der Waals surface area contributed by atoms with Gasteiger partial charge in [0.25, 0.3) is 0 Å². The van der Waals surface area contributed by atoms with Crippen molar-refractivity contribution in [1.82, 2.24) is 9.88 Å². The minimum Gasteiger partial charge on any atom is -0.380 e. The fourth-order valence-electron chi connectivity index (χ4n) is 1.89. The van der Waals surface area contributed by atoms with Gasteiger partial charge in [0.15, 0.2) is 0 Å². The average Bonchev–Trinajstić information content (AvgIpc) is 2.75. The summed E-state index contributed by atoms with van der Waals surface area (Å²) in [5, 5.41) is 3.36. The molecule has 1 unspecified atom stereocenters. The summed E-state index contributed by atoms with van der Waals surface area (Å²) >= 11 is 0. The topological polar surface area (TPSA) is 26.2 Å². The summed E-state index contributed by atoms with van der Waals surface area (Å²) in [4.78, 5) is 0. The second-order valence-electron chi connectivity index (χ2n) is 4.01. The second-order valence-corrected chi connectivity index (χ2v) is 4.01. The predicted octanol–water partition coefficient (Wildman–Crippen LogP) is 2.59. The lowest BCUT2D eigenvalue weighted by Crippen LogP contribution is -2.15. The Morgan fingerprint density at radius 3 is 2.88 bits per heavy atom. The number of nitrogens with zero attached hydrogens (tertiary/aromatic N) is 1. The van der Waals surface area contributed by atoms with E-state index in [-0.39, 0.29) is 0 Å². The molecule has 3 nitrogen and oxygen atoms in total. The van der Waals surface area contributed by atoms with Crippen LogP contribution in [0.25, 0.3) is 0 Å².